The first-order chi connectivity index (χ1) is 18.5. The van der Waals surface area contributed by atoms with Crippen molar-refractivity contribution in [1.29, 1.82) is 0 Å². The molecule has 6 rings (SSSR count). The molecule has 0 spiro atoms. The van der Waals surface area contributed by atoms with Crippen LogP contribution in [0.1, 0.15) is 50.6 Å². The number of carbonyl (C=O) groups is 4. The molecule has 1 saturated heterocycles. The Morgan fingerprint density at radius 1 is 0.816 bits per heavy atom. The zero-order valence-electron chi connectivity index (χ0n) is 20.3. The number of amides is 3. The Kier molecular flexibility index (Phi) is 6.15. The molecule has 2 aliphatic heterocycles. The summed E-state index contributed by atoms with van der Waals surface area (Å²) in [6.45, 7) is 0.0954. The van der Waals surface area contributed by atoms with Gasteiger partial charge >= 0.3 is 12.1 Å². The molecule has 38 heavy (non-hydrogen) atoms. The average Bonchev–Trinajstić information content (AvgIpc) is 3.39. The number of benzene rings is 3. The molecule has 3 aliphatic rings. The first-order valence-corrected chi connectivity index (χ1v) is 13.6. The zero-order chi connectivity index (χ0) is 26.3. The lowest BCUT2D eigenvalue weighted by Gasteiger charge is -2.35. The van der Waals surface area contributed by atoms with E-state index in [2.05, 4.69) is 17.4 Å². The normalized spacial score (nSPS) is 17.4. The Labute approximate surface area is 223 Å². The van der Waals surface area contributed by atoms with Crippen LogP contribution in [0.15, 0.2) is 72.8 Å². The highest BCUT2D eigenvalue weighted by Crippen LogP contribution is 2.44. The van der Waals surface area contributed by atoms with E-state index in [-0.39, 0.29) is 36.5 Å². The van der Waals surface area contributed by atoms with Crippen LogP contribution in [0.3, 0.4) is 0 Å². The van der Waals surface area contributed by atoms with E-state index in [1.165, 1.54) is 12.1 Å². The summed E-state index contributed by atoms with van der Waals surface area (Å²) in [6.07, 6.45) is -0.189. The summed E-state index contributed by atoms with van der Waals surface area (Å²) >= 11 is 1.65. The van der Waals surface area contributed by atoms with Crippen LogP contribution in [-0.2, 0) is 14.4 Å². The quantitative estimate of drug-likeness (QED) is 0.485. The van der Waals surface area contributed by atoms with Crippen LogP contribution in [0.25, 0.3) is 11.1 Å². The summed E-state index contributed by atoms with van der Waals surface area (Å²) in [7, 11) is 0. The first kappa shape index (κ1) is 24.2. The molecule has 8 nitrogen and oxygen atoms in total. The molecule has 0 atom stereocenters. The summed E-state index contributed by atoms with van der Waals surface area (Å²) in [6, 6.07) is 22.3. The van der Waals surface area contributed by atoms with Crippen LogP contribution < -0.4 is 5.32 Å². The van der Waals surface area contributed by atoms with Crippen LogP contribution >= 0.6 is 11.8 Å². The number of alkyl carbamates (subject to hydrolysis) is 1. The molecule has 3 aromatic carbocycles. The Morgan fingerprint density at radius 3 is 1.87 bits per heavy atom. The molecular formula is C29H24N2O6S. The van der Waals surface area contributed by atoms with Gasteiger partial charge in [-0.1, -0.05) is 65.7 Å². The van der Waals surface area contributed by atoms with Gasteiger partial charge in [0.25, 0.3) is 11.8 Å². The smallest absolute Gasteiger partial charge is 0.408 e. The van der Waals surface area contributed by atoms with Gasteiger partial charge in [-0.15, -0.1) is 0 Å². The number of nitrogens with zero attached hydrogens (tertiary/aromatic N) is 1. The van der Waals surface area contributed by atoms with Crippen LogP contribution in [0.2, 0.25) is 0 Å². The van der Waals surface area contributed by atoms with Crippen molar-refractivity contribution in [3.05, 3.63) is 95.1 Å². The lowest BCUT2D eigenvalue weighted by Crippen LogP contribution is -2.58. The fourth-order valence-corrected chi connectivity index (χ4v) is 6.54. The summed E-state index contributed by atoms with van der Waals surface area (Å²) in [5.74, 6) is -1.21. The average molecular weight is 529 g/mol. The molecule has 0 aromatic heterocycles. The number of carbonyl (C=O) groups excluding carboxylic acids is 4. The Morgan fingerprint density at radius 2 is 1.32 bits per heavy atom. The highest BCUT2D eigenvalue weighted by atomic mass is 32.2. The third kappa shape index (κ3) is 4.03. The van der Waals surface area contributed by atoms with Crippen molar-refractivity contribution < 1.29 is 28.8 Å². The van der Waals surface area contributed by atoms with Crippen LogP contribution in [0.4, 0.5) is 4.79 Å². The predicted molar refractivity (Wildman–Crippen MR) is 141 cm³/mol. The van der Waals surface area contributed by atoms with Crippen molar-refractivity contribution in [1.82, 2.24) is 10.4 Å². The highest BCUT2D eigenvalue weighted by Gasteiger charge is 2.47. The van der Waals surface area contributed by atoms with Gasteiger partial charge in [-0.05, 0) is 58.7 Å². The van der Waals surface area contributed by atoms with E-state index in [0.717, 1.165) is 22.3 Å². The largest absolute Gasteiger partial charge is 0.449 e. The predicted octanol–water partition coefficient (Wildman–Crippen LogP) is 4.55. The second-order valence-electron chi connectivity index (χ2n) is 9.47. The van der Waals surface area contributed by atoms with Gasteiger partial charge in [0.2, 0.25) is 0 Å². The number of fused-ring (bicyclic) bond motifs is 4. The van der Waals surface area contributed by atoms with Crippen molar-refractivity contribution >= 4 is 35.6 Å². The maximum atomic E-state index is 13.4. The zero-order valence-corrected chi connectivity index (χ0v) is 21.2. The number of thioether (sulfide) groups is 1. The van der Waals surface area contributed by atoms with E-state index < -0.39 is 29.4 Å². The second-order valence-corrected chi connectivity index (χ2v) is 10.7. The molecule has 0 saturated carbocycles. The van der Waals surface area contributed by atoms with Crippen LogP contribution in [0.5, 0.6) is 0 Å². The number of imide groups is 1. The van der Waals surface area contributed by atoms with Crippen molar-refractivity contribution in [3.63, 3.8) is 0 Å². The second kappa shape index (κ2) is 9.64. The maximum absolute atomic E-state index is 13.4. The molecule has 0 radical (unpaired) electrons. The first-order valence-electron chi connectivity index (χ1n) is 12.4. The van der Waals surface area contributed by atoms with E-state index in [1.54, 1.807) is 23.9 Å². The Hall–Kier alpha value is -4.11. The van der Waals surface area contributed by atoms with E-state index >= 15 is 0 Å². The van der Waals surface area contributed by atoms with Gasteiger partial charge in [0.05, 0.1) is 11.1 Å². The van der Waals surface area contributed by atoms with Gasteiger partial charge in [0.1, 0.15) is 12.1 Å². The third-order valence-corrected chi connectivity index (χ3v) is 8.34. The summed E-state index contributed by atoms with van der Waals surface area (Å²) in [5, 5.41) is 3.21. The third-order valence-electron chi connectivity index (χ3n) is 7.35. The van der Waals surface area contributed by atoms with E-state index in [9.17, 15) is 19.2 Å². The van der Waals surface area contributed by atoms with Crippen molar-refractivity contribution in [2.45, 2.75) is 24.3 Å². The lowest BCUT2D eigenvalue weighted by atomic mass is 9.92. The molecule has 9 heteroatoms. The minimum atomic E-state index is -1.41. The van der Waals surface area contributed by atoms with Gasteiger partial charge in [-0.2, -0.15) is 11.8 Å². The summed E-state index contributed by atoms with van der Waals surface area (Å²) < 4.78 is 5.67. The van der Waals surface area contributed by atoms with Gasteiger partial charge in [0.15, 0.2) is 0 Å². The van der Waals surface area contributed by atoms with Crippen LogP contribution in [0, 0.1) is 0 Å². The number of hydrogen-bond donors (Lipinski definition) is 1. The number of nitrogens with one attached hydrogen (secondary N) is 1. The highest BCUT2D eigenvalue weighted by molar-refractivity contribution is 7.99. The monoisotopic (exact) mass is 528 g/mol. The minimum absolute atomic E-state index is 0.0954. The molecule has 3 aromatic rings. The molecule has 1 N–H and O–H groups in total. The maximum Gasteiger partial charge on any atom is 0.408 e. The number of hydroxylamine groups is 2. The molecule has 1 aliphatic carbocycles. The molecule has 1 fully saturated rings. The molecule has 0 bridgehead atoms. The Balaban J connectivity index is 1.17. The van der Waals surface area contributed by atoms with E-state index in [0.29, 0.717) is 16.6 Å². The number of hydrogen-bond acceptors (Lipinski definition) is 7. The van der Waals surface area contributed by atoms with Gasteiger partial charge in [-0.25, -0.2) is 9.59 Å². The van der Waals surface area contributed by atoms with Gasteiger partial charge < -0.3 is 14.9 Å². The van der Waals surface area contributed by atoms with Crippen molar-refractivity contribution in [2.24, 2.45) is 0 Å². The van der Waals surface area contributed by atoms with Crippen LogP contribution in [-0.4, -0.2) is 52.6 Å². The number of rotatable bonds is 5. The van der Waals surface area contributed by atoms with Crippen molar-refractivity contribution in [2.75, 3.05) is 18.1 Å². The Bertz CT molecular complexity index is 1380. The lowest BCUT2D eigenvalue weighted by molar-refractivity contribution is -0.177. The van der Waals surface area contributed by atoms with E-state index in [4.69, 9.17) is 9.57 Å². The fourth-order valence-electron chi connectivity index (χ4n) is 5.35. The molecule has 3 amide bonds. The molecule has 192 valence electrons. The topological polar surface area (TPSA) is 102 Å². The summed E-state index contributed by atoms with van der Waals surface area (Å²) in [4.78, 5) is 57.2. The van der Waals surface area contributed by atoms with E-state index in [1.807, 2.05) is 36.4 Å². The van der Waals surface area contributed by atoms with Crippen molar-refractivity contribution in [3.8, 4) is 11.1 Å². The summed E-state index contributed by atoms with van der Waals surface area (Å²) in [5.41, 5.74) is 3.31. The number of ether oxygens (including phenoxy) is 1. The molecule has 0 unspecified atom stereocenters. The fraction of sp³-hybridized carbons (Fsp3) is 0.241. The van der Waals surface area contributed by atoms with Gasteiger partial charge in [-0.3, -0.25) is 9.59 Å². The molecular weight excluding hydrogens is 504 g/mol. The SMILES string of the molecule is O=C(NC1(C(=O)ON2C(=O)c3ccccc3C2=O)CCSCC1)OCC1c2ccccc2-c2ccccc21. The minimum Gasteiger partial charge on any atom is -0.449 e. The standard InChI is InChI=1S/C29H24N2O6S/c32-25-22-11-5-6-12-23(22)26(33)31(25)37-27(34)29(13-15-38-16-14-29)30-28(35)36-17-24-20-9-3-1-7-18(20)19-8-2-4-10-21(19)24/h1-12,24H,13-17H2,(H,30,35). The molecule has 2 heterocycles. The van der Waals surface area contributed by atoms with Gasteiger partial charge in [0, 0.05) is 5.92 Å².